The van der Waals surface area contributed by atoms with Crippen LogP contribution >= 0.6 is 15.9 Å². The van der Waals surface area contributed by atoms with Gasteiger partial charge in [0.25, 0.3) is 5.69 Å². The van der Waals surface area contributed by atoms with E-state index < -0.39 is 4.92 Å². The molecule has 0 fully saturated rings. The van der Waals surface area contributed by atoms with Crippen molar-refractivity contribution >= 4 is 21.6 Å². The Morgan fingerprint density at radius 2 is 2.31 bits per heavy atom. The number of benzene rings is 1. The molecule has 0 aliphatic rings. The maximum atomic E-state index is 10.7. The smallest absolute Gasteiger partial charge is 0.283 e. The van der Waals surface area contributed by atoms with Crippen molar-refractivity contribution < 1.29 is 10.0 Å². The Balaban J connectivity index is 2.81. The molecule has 1 atom stereocenters. The molecule has 16 heavy (non-hydrogen) atoms. The molecule has 1 rings (SSSR count). The molecule has 1 aromatic rings. The zero-order valence-electron chi connectivity index (χ0n) is 8.81. The highest BCUT2D eigenvalue weighted by Gasteiger charge is 2.14. The lowest BCUT2D eigenvalue weighted by atomic mass is 10.2. The second-order valence-electron chi connectivity index (χ2n) is 3.47. The Bertz CT molecular complexity index is 384. The lowest BCUT2D eigenvalue weighted by Gasteiger charge is -2.11. The highest BCUT2D eigenvalue weighted by molar-refractivity contribution is 9.10. The third-order valence-corrected chi connectivity index (χ3v) is 3.09. The van der Waals surface area contributed by atoms with E-state index in [1.165, 1.54) is 6.07 Å². The standard InChI is InChI=1S/C10H13BrN2O3/c1-7(6-14)12-5-8-3-2-4-9(10(8)11)13(15)16/h2-4,7,12,14H,5-6H2,1H3. The van der Waals surface area contributed by atoms with Gasteiger partial charge in [-0.05, 0) is 28.4 Å². The minimum Gasteiger partial charge on any atom is -0.395 e. The summed E-state index contributed by atoms with van der Waals surface area (Å²) in [6, 6.07) is 4.85. The molecule has 1 aromatic carbocycles. The van der Waals surface area contributed by atoms with Gasteiger partial charge in [-0.15, -0.1) is 0 Å². The Morgan fingerprint density at radius 1 is 1.62 bits per heavy atom. The zero-order chi connectivity index (χ0) is 12.1. The predicted molar refractivity (Wildman–Crippen MR) is 64.2 cm³/mol. The Morgan fingerprint density at radius 3 is 2.88 bits per heavy atom. The van der Waals surface area contributed by atoms with Crippen LogP contribution in [0.3, 0.4) is 0 Å². The lowest BCUT2D eigenvalue weighted by molar-refractivity contribution is -0.385. The van der Waals surface area contributed by atoms with Crippen molar-refractivity contribution in [2.24, 2.45) is 0 Å². The molecule has 5 nitrogen and oxygen atoms in total. The first-order chi connectivity index (χ1) is 7.56. The monoisotopic (exact) mass is 288 g/mol. The van der Waals surface area contributed by atoms with Gasteiger partial charge >= 0.3 is 0 Å². The first-order valence-electron chi connectivity index (χ1n) is 4.82. The third kappa shape index (κ3) is 3.26. The lowest BCUT2D eigenvalue weighted by Crippen LogP contribution is -2.28. The molecule has 0 saturated carbocycles. The van der Waals surface area contributed by atoms with E-state index in [4.69, 9.17) is 5.11 Å². The van der Waals surface area contributed by atoms with Gasteiger partial charge in [0.15, 0.2) is 0 Å². The van der Waals surface area contributed by atoms with Gasteiger partial charge in [-0.1, -0.05) is 12.1 Å². The van der Waals surface area contributed by atoms with E-state index in [2.05, 4.69) is 21.2 Å². The van der Waals surface area contributed by atoms with Crippen LogP contribution in [-0.2, 0) is 6.54 Å². The molecule has 0 bridgehead atoms. The molecule has 0 saturated heterocycles. The van der Waals surface area contributed by atoms with Crippen molar-refractivity contribution in [2.75, 3.05) is 6.61 Å². The van der Waals surface area contributed by atoms with Crippen molar-refractivity contribution in [2.45, 2.75) is 19.5 Å². The summed E-state index contributed by atoms with van der Waals surface area (Å²) >= 11 is 3.21. The van der Waals surface area contributed by atoms with Gasteiger partial charge in [0, 0.05) is 18.7 Å². The van der Waals surface area contributed by atoms with Crippen LogP contribution in [-0.4, -0.2) is 22.7 Å². The number of nitro benzene ring substituents is 1. The average Bonchev–Trinajstić information content (AvgIpc) is 2.26. The molecule has 0 aromatic heterocycles. The number of rotatable bonds is 5. The van der Waals surface area contributed by atoms with E-state index in [0.717, 1.165) is 5.56 Å². The molecule has 6 heteroatoms. The number of nitrogens with one attached hydrogen (secondary N) is 1. The number of aliphatic hydroxyl groups is 1. The first kappa shape index (κ1) is 13.1. The highest BCUT2D eigenvalue weighted by atomic mass is 79.9. The normalized spacial score (nSPS) is 12.4. The summed E-state index contributed by atoms with van der Waals surface area (Å²) in [4.78, 5) is 10.3. The molecular weight excluding hydrogens is 276 g/mol. The van der Waals surface area contributed by atoms with Gasteiger partial charge < -0.3 is 10.4 Å². The largest absolute Gasteiger partial charge is 0.395 e. The second kappa shape index (κ2) is 5.93. The van der Waals surface area contributed by atoms with Crippen molar-refractivity contribution in [3.8, 4) is 0 Å². The summed E-state index contributed by atoms with van der Waals surface area (Å²) in [7, 11) is 0. The van der Waals surface area contributed by atoms with Gasteiger partial charge in [0.1, 0.15) is 0 Å². The minimum atomic E-state index is -0.428. The third-order valence-electron chi connectivity index (χ3n) is 2.17. The fourth-order valence-electron chi connectivity index (χ4n) is 1.19. The molecule has 0 amide bonds. The van der Waals surface area contributed by atoms with Gasteiger partial charge in [0.2, 0.25) is 0 Å². The van der Waals surface area contributed by atoms with E-state index >= 15 is 0 Å². The molecule has 0 spiro atoms. The Hall–Kier alpha value is -0.980. The van der Waals surface area contributed by atoms with E-state index in [1.54, 1.807) is 12.1 Å². The summed E-state index contributed by atoms with van der Waals surface area (Å²) in [5.74, 6) is 0. The van der Waals surface area contributed by atoms with Crippen LogP contribution in [0.15, 0.2) is 22.7 Å². The van der Waals surface area contributed by atoms with Crippen LogP contribution < -0.4 is 5.32 Å². The van der Waals surface area contributed by atoms with Crippen molar-refractivity contribution in [1.82, 2.24) is 5.32 Å². The van der Waals surface area contributed by atoms with Gasteiger partial charge in [-0.3, -0.25) is 10.1 Å². The van der Waals surface area contributed by atoms with Crippen LogP contribution in [0.25, 0.3) is 0 Å². The fraction of sp³-hybridized carbons (Fsp3) is 0.400. The number of aliphatic hydroxyl groups excluding tert-OH is 1. The zero-order valence-corrected chi connectivity index (χ0v) is 10.4. The number of hydrogen-bond acceptors (Lipinski definition) is 4. The fourth-order valence-corrected chi connectivity index (χ4v) is 1.74. The number of nitro groups is 1. The quantitative estimate of drug-likeness (QED) is 0.640. The number of nitrogens with zero attached hydrogens (tertiary/aromatic N) is 1. The number of hydrogen-bond donors (Lipinski definition) is 2. The maximum absolute atomic E-state index is 10.7. The van der Waals surface area contributed by atoms with Crippen molar-refractivity contribution in [3.63, 3.8) is 0 Å². The van der Waals surface area contributed by atoms with E-state index in [1.807, 2.05) is 6.92 Å². The molecule has 0 aliphatic heterocycles. The van der Waals surface area contributed by atoms with Crippen LogP contribution in [0.5, 0.6) is 0 Å². The van der Waals surface area contributed by atoms with Gasteiger partial charge in [0.05, 0.1) is 16.0 Å². The summed E-state index contributed by atoms with van der Waals surface area (Å²) in [5, 5.41) is 22.6. The van der Waals surface area contributed by atoms with Gasteiger partial charge in [-0.25, -0.2) is 0 Å². The first-order valence-corrected chi connectivity index (χ1v) is 5.61. The highest BCUT2D eigenvalue weighted by Crippen LogP contribution is 2.28. The van der Waals surface area contributed by atoms with E-state index in [-0.39, 0.29) is 18.3 Å². The summed E-state index contributed by atoms with van der Waals surface area (Å²) in [6.45, 7) is 2.35. The van der Waals surface area contributed by atoms with E-state index in [9.17, 15) is 10.1 Å². The average molecular weight is 289 g/mol. The number of halogens is 1. The molecular formula is C10H13BrN2O3. The molecule has 88 valence electrons. The Kier molecular flexibility index (Phi) is 4.85. The maximum Gasteiger partial charge on any atom is 0.283 e. The van der Waals surface area contributed by atoms with Crippen molar-refractivity contribution in [1.29, 1.82) is 0 Å². The minimum absolute atomic E-state index is 0.0343. The molecule has 0 radical (unpaired) electrons. The van der Waals surface area contributed by atoms with Crippen molar-refractivity contribution in [3.05, 3.63) is 38.3 Å². The SMILES string of the molecule is CC(CO)NCc1cccc([N+](=O)[O-])c1Br. The van der Waals surface area contributed by atoms with Crippen LogP contribution in [0.2, 0.25) is 0 Å². The van der Waals surface area contributed by atoms with Crippen LogP contribution in [0.4, 0.5) is 5.69 Å². The molecule has 1 unspecified atom stereocenters. The molecule has 0 heterocycles. The van der Waals surface area contributed by atoms with Gasteiger partial charge in [-0.2, -0.15) is 0 Å². The predicted octanol–water partition coefficient (Wildman–Crippen LogP) is 1.83. The topological polar surface area (TPSA) is 75.4 Å². The molecule has 2 N–H and O–H groups in total. The Labute approximate surface area is 102 Å². The van der Waals surface area contributed by atoms with E-state index in [0.29, 0.717) is 11.0 Å². The van der Waals surface area contributed by atoms with Crippen LogP contribution in [0, 0.1) is 10.1 Å². The molecule has 0 aliphatic carbocycles. The summed E-state index contributed by atoms with van der Waals surface area (Å²) < 4.78 is 0.484. The summed E-state index contributed by atoms with van der Waals surface area (Å²) in [6.07, 6.45) is 0. The summed E-state index contributed by atoms with van der Waals surface area (Å²) in [5.41, 5.74) is 0.852. The second-order valence-corrected chi connectivity index (χ2v) is 4.26. The van der Waals surface area contributed by atoms with Crippen LogP contribution in [0.1, 0.15) is 12.5 Å².